The van der Waals surface area contributed by atoms with Crippen LogP contribution in [-0.4, -0.2) is 55.6 Å². The minimum absolute atomic E-state index is 0.0136. The predicted octanol–water partition coefficient (Wildman–Crippen LogP) is 11.5. The van der Waals surface area contributed by atoms with Crippen LogP contribution in [0.1, 0.15) is 33.0 Å². The summed E-state index contributed by atoms with van der Waals surface area (Å²) < 4.78 is 110. The van der Waals surface area contributed by atoms with Gasteiger partial charge in [-0.25, -0.2) is 25.6 Å². The molecule has 340 valence electrons. The van der Waals surface area contributed by atoms with Crippen LogP contribution in [0.4, 0.5) is 8.78 Å². The highest BCUT2D eigenvalue weighted by atomic mass is 35.5. The zero-order valence-corrected chi connectivity index (χ0v) is 39.2. The molecule has 0 saturated heterocycles. The van der Waals surface area contributed by atoms with Gasteiger partial charge in [0.05, 0.1) is 21.9 Å². The fraction of sp³-hybridized carbons (Fsp3) is 0.167. The second-order valence-corrected chi connectivity index (χ2v) is 21.7. The molecule has 2 aromatic heterocycles. The minimum atomic E-state index is -4.00. The van der Waals surface area contributed by atoms with E-state index in [1.54, 1.807) is 36.4 Å². The molecule has 0 spiro atoms. The van der Waals surface area contributed by atoms with E-state index in [-0.39, 0.29) is 47.7 Å². The molecule has 0 radical (unpaired) electrons. The number of rotatable bonds is 10. The maximum Gasteiger partial charge on any atom is 0.241 e. The van der Waals surface area contributed by atoms with Crippen LogP contribution >= 0.6 is 45.9 Å². The SMILES string of the molecule is O=S(=O)(NC(c1cc2ccccc2s1)c1ccccc1Cl)c1ccc2c(c1)OC[C@@H](F)CO2.O=S(=O)(NC(c1cc2ccccc2s1)c1ccccc1Cl)c1ccc2c(c1)OC[C@H](F)CO2. The minimum Gasteiger partial charge on any atom is -0.487 e. The molecule has 10 rings (SSSR count). The van der Waals surface area contributed by atoms with E-state index in [4.69, 9.17) is 42.1 Å². The average molecular weight is 1010 g/mol. The van der Waals surface area contributed by atoms with E-state index in [1.807, 2.05) is 72.8 Å². The molecule has 18 heteroatoms. The van der Waals surface area contributed by atoms with Gasteiger partial charge in [0.15, 0.2) is 35.3 Å². The van der Waals surface area contributed by atoms with Gasteiger partial charge in [0.1, 0.15) is 26.4 Å². The molecule has 6 aromatic carbocycles. The number of benzene rings is 6. The molecule has 0 aliphatic carbocycles. The summed E-state index contributed by atoms with van der Waals surface area (Å²) in [5.74, 6) is 0.992. The van der Waals surface area contributed by atoms with Gasteiger partial charge < -0.3 is 18.9 Å². The van der Waals surface area contributed by atoms with Crippen LogP contribution in [0.3, 0.4) is 0 Å². The molecular formula is C48H38Cl2F2N2O8S4. The first kappa shape index (κ1) is 45.8. The molecule has 2 N–H and O–H groups in total. The Kier molecular flexibility index (Phi) is 13.5. The van der Waals surface area contributed by atoms with Crippen molar-refractivity contribution in [3.63, 3.8) is 0 Å². The summed E-state index contributed by atoms with van der Waals surface area (Å²) in [6.45, 7) is -0.683. The normalized spacial score (nSPS) is 17.0. The lowest BCUT2D eigenvalue weighted by Gasteiger charge is -2.20. The number of halogens is 4. The van der Waals surface area contributed by atoms with Gasteiger partial charge in [0.25, 0.3) is 0 Å². The molecule has 0 amide bonds. The van der Waals surface area contributed by atoms with Crippen LogP contribution < -0.4 is 28.4 Å². The number of ether oxygens (including phenoxy) is 4. The van der Waals surface area contributed by atoms with E-state index in [0.717, 1.165) is 29.9 Å². The molecule has 4 heterocycles. The first-order chi connectivity index (χ1) is 31.8. The predicted molar refractivity (Wildman–Crippen MR) is 256 cm³/mol. The summed E-state index contributed by atoms with van der Waals surface area (Å²) in [4.78, 5) is 1.59. The summed E-state index contributed by atoms with van der Waals surface area (Å²) >= 11 is 15.9. The first-order valence-corrected chi connectivity index (χ1v) is 25.7. The van der Waals surface area contributed by atoms with Crippen molar-refractivity contribution in [3.05, 3.63) is 177 Å². The Morgan fingerprint density at radius 3 is 1.24 bits per heavy atom. The molecule has 10 nitrogen and oxygen atoms in total. The highest BCUT2D eigenvalue weighted by molar-refractivity contribution is 7.89. The highest BCUT2D eigenvalue weighted by Gasteiger charge is 2.30. The molecule has 2 aliphatic heterocycles. The monoisotopic (exact) mass is 1010 g/mol. The topological polar surface area (TPSA) is 129 Å². The maximum atomic E-state index is 13.6. The van der Waals surface area contributed by atoms with E-state index in [2.05, 4.69) is 9.44 Å². The molecule has 2 aliphatic rings. The van der Waals surface area contributed by atoms with E-state index in [0.29, 0.717) is 32.7 Å². The summed E-state index contributed by atoms with van der Waals surface area (Å²) in [5.41, 5.74) is 1.29. The van der Waals surface area contributed by atoms with Gasteiger partial charge in [-0.15, -0.1) is 22.7 Å². The highest BCUT2D eigenvalue weighted by Crippen LogP contribution is 2.40. The van der Waals surface area contributed by atoms with Crippen molar-refractivity contribution in [1.29, 1.82) is 0 Å². The summed E-state index contributed by atoms with van der Waals surface area (Å²) in [6, 6.07) is 41.0. The third-order valence-electron chi connectivity index (χ3n) is 10.6. The number of thiophene rings is 2. The van der Waals surface area contributed by atoms with E-state index >= 15 is 0 Å². The largest absolute Gasteiger partial charge is 0.487 e. The Morgan fingerprint density at radius 2 is 0.848 bits per heavy atom. The molecule has 66 heavy (non-hydrogen) atoms. The summed E-state index contributed by atoms with van der Waals surface area (Å²) in [5, 5.41) is 2.95. The van der Waals surface area contributed by atoms with Gasteiger partial charge in [-0.3, -0.25) is 0 Å². The number of hydrogen-bond donors (Lipinski definition) is 2. The van der Waals surface area contributed by atoms with Gasteiger partial charge in [0.2, 0.25) is 20.0 Å². The summed E-state index contributed by atoms with van der Waals surface area (Å²) in [6.07, 6.45) is -2.57. The van der Waals surface area contributed by atoms with Gasteiger partial charge >= 0.3 is 0 Å². The Hall–Kier alpha value is -5.30. The van der Waals surface area contributed by atoms with Crippen molar-refractivity contribution in [2.75, 3.05) is 26.4 Å². The molecule has 8 aromatic rings. The molecule has 2 unspecified atom stereocenters. The fourth-order valence-corrected chi connectivity index (χ4v) is 12.6. The number of hydrogen-bond acceptors (Lipinski definition) is 10. The Labute approximate surface area is 397 Å². The third-order valence-corrected chi connectivity index (χ3v) is 16.5. The molecule has 0 bridgehead atoms. The lowest BCUT2D eigenvalue weighted by Crippen LogP contribution is -2.29. The zero-order valence-electron chi connectivity index (χ0n) is 34.4. The van der Waals surface area contributed by atoms with Crippen molar-refractivity contribution < 1.29 is 44.6 Å². The van der Waals surface area contributed by atoms with Crippen molar-refractivity contribution in [2.24, 2.45) is 0 Å². The Bertz CT molecular complexity index is 3000. The number of nitrogens with one attached hydrogen (secondary N) is 2. The van der Waals surface area contributed by atoms with Crippen LogP contribution in [0.2, 0.25) is 10.0 Å². The first-order valence-electron chi connectivity index (χ1n) is 20.4. The number of alkyl halides is 2. The van der Waals surface area contributed by atoms with Gasteiger partial charge in [0, 0.05) is 41.3 Å². The molecular weight excluding hydrogens is 970 g/mol. The van der Waals surface area contributed by atoms with Crippen LogP contribution in [0.15, 0.2) is 155 Å². The maximum absolute atomic E-state index is 13.6. The van der Waals surface area contributed by atoms with Gasteiger partial charge in [-0.05, 0) is 82.6 Å². The second kappa shape index (κ2) is 19.5. The second-order valence-electron chi connectivity index (χ2n) is 15.2. The molecule has 4 atom stereocenters. The summed E-state index contributed by atoms with van der Waals surface area (Å²) in [7, 11) is -8.00. The molecule has 0 saturated carbocycles. The molecule has 0 fully saturated rings. The quantitative estimate of drug-likeness (QED) is 0.139. The number of fused-ring (bicyclic) bond motifs is 4. The van der Waals surface area contributed by atoms with E-state index < -0.39 is 44.5 Å². The smallest absolute Gasteiger partial charge is 0.241 e. The van der Waals surface area contributed by atoms with Crippen LogP contribution in [-0.2, 0) is 20.0 Å². The van der Waals surface area contributed by atoms with Crippen LogP contribution in [0.5, 0.6) is 23.0 Å². The average Bonchev–Trinajstić information content (AvgIpc) is 3.84. The lowest BCUT2D eigenvalue weighted by atomic mass is 10.1. The lowest BCUT2D eigenvalue weighted by molar-refractivity contribution is 0.162. The van der Waals surface area contributed by atoms with Crippen molar-refractivity contribution in [1.82, 2.24) is 9.44 Å². The van der Waals surface area contributed by atoms with Gasteiger partial charge in [-0.2, -0.15) is 9.44 Å². The van der Waals surface area contributed by atoms with Crippen molar-refractivity contribution in [2.45, 2.75) is 34.2 Å². The van der Waals surface area contributed by atoms with Gasteiger partial charge in [-0.1, -0.05) is 96.0 Å². The Morgan fingerprint density at radius 1 is 0.485 bits per heavy atom. The van der Waals surface area contributed by atoms with E-state index in [9.17, 15) is 25.6 Å². The van der Waals surface area contributed by atoms with Crippen molar-refractivity contribution >= 4 is 86.1 Å². The van der Waals surface area contributed by atoms with Crippen LogP contribution in [0, 0.1) is 0 Å². The standard InChI is InChI=1S/2C24H19ClFNO4S2/c2*25-19-7-3-2-6-18(19)24(23-11-15-5-1-4-8-22(15)32-23)27-33(28,29)17-9-10-20-21(12-17)31-14-16(26)13-30-20/h2*1-12,16,24,27H,13-14H2/t2*16-,24?/m10/s1. The Balaban J connectivity index is 0.000000166. The zero-order chi connectivity index (χ0) is 46.0. The number of sulfonamides is 2. The van der Waals surface area contributed by atoms with Crippen molar-refractivity contribution in [3.8, 4) is 23.0 Å². The third kappa shape index (κ3) is 10.2. The van der Waals surface area contributed by atoms with E-state index in [1.165, 1.54) is 59.1 Å². The fourth-order valence-electron chi connectivity index (χ4n) is 7.30. The van der Waals surface area contributed by atoms with Crippen LogP contribution in [0.25, 0.3) is 20.2 Å².